The highest BCUT2D eigenvalue weighted by Crippen LogP contribution is 2.27. The standard InChI is InChI=1S/C9H12BrNO2S/c1-5-3-7(14-8(5)10)9(13)11-4-6(2)12/h3,6,12H,4H2,1-2H3,(H,11,13). The number of nitrogens with one attached hydrogen (secondary N) is 1. The van der Waals surface area contributed by atoms with Crippen molar-refractivity contribution in [1.29, 1.82) is 0 Å². The normalized spacial score (nSPS) is 12.6. The third-order valence-corrected chi connectivity index (χ3v) is 3.77. The van der Waals surface area contributed by atoms with Crippen molar-refractivity contribution in [3.05, 3.63) is 20.3 Å². The lowest BCUT2D eigenvalue weighted by molar-refractivity contribution is 0.0928. The third kappa shape index (κ3) is 3.08. The van der Waals surface area contributed by atoms with E-state index >= 15 is 0 Å². The Balaban J connectivity index is 2.61. The van der Waals surface area contributed by atoms with Gasteiger partial charge in [0, 0.05) is 6.54 Å². The average Bonchev–Trinajstić information content (AvgIpc) is 2.43. The summed E-state index contributed by atoms with van der Waals surface area (Å²) >= 11 is 4.75. The number of aliphatic hydroxyl groups excluding tert-OH is 1. The number of halogens is 1. The maximum absolute atomic E-state index is 11.5. The van der Waals surface area contributed by atoms with Crippen LogP contribution in [0, 0.1) is 6.92 Å². The highest BCUT2D eigenvalue weighted by Gasteiger charge is 2.10. The van der Waals surface area contributed by atoms with E-state index in [0.29, 0.717) is 4.88 Å². The minimum Gasteiger partial charge on any atom is -0.392 e. The summed E-state index contributed by atoms with van der Waals surface area (Å²) in [5, 5.41) is 11.6. The second-order valence-electron chi connectivity index (χ2n) is 3.13. The molecule has 1 aromatic heterocycles. The van der Waals surface area contributed by atoms with Crippen LogP contribution in [0.5, 0.6) is 0 Å². The molecule has 0 aliphatic rings. The van der Waals surface area contributed by atoms with E-state index in [1.807, 2.05) is 13.0 Å². The van der Waals surface area contributed by atoms with Crippen LogP contribution in [0.2, 0.25) is 0 Å². The SMILES string of the molecule is Cc1cc(C(=O)NCC(C)O)sc1Br. The molecular formula is C9H12BrNO2S. The molecule has 0 saturated heterocycles. The third-order valence-electron chi connectivity index (χ3n) is 1.64. The maximum Gasteiger partial charge on any atom is 0.261 e. The fraction of sp³-hybridized carbons (Fsp3) is 0.444. The summed E-state index contributed by atoms with van der Waals surface area (Å²) in [5.41, 5.74) is 1.05. The van der Waals surface area contributed by atoms with Gasteiger partial charge in [-0.05, 0) is 41.4 Å². The van der Waals surface area contributed by atoms with Gasteiger partial charge in [-0.25, -0.2) is 0 Å². The first-order valence-corrected chi connectivity index (χ1v) is 5.84. The molecule has 0 bridgehead atoms. The zero-order valence-corrected chi connectivity index (χ0v) is 10.4. The molecule has 1 atom stereocenters. The summed E-state index contributed by atoms with van der Waals surface area (Å²) in [6.45, 7) is 3.86. The van der Waals surface area contributed by atoms with Crippen LogP contribution in [-0.2, 0) is 0 Å². The number of rotatable bonds is 3. The van der Waals surface area contributed by atoms with Gasteiger partial charge in [0.1, 0.15) is 0 Å². The molecular weight excluding hydrogens is 266 g/mol. The minimum absolute atomic E-state index is 0.135. The van der Waals surface area contributed by atoms with Crippen LogP contribution < -0.4 is 5.32 Å². The number of thiophene rings is 1. The Morgan fingerprint density at radius 1 is 1.79 bits per heavy atom. The lowest BCUT2D eigenvalue weighted by atomic mass is 10.3. The summed E-state index contributed by atoms with van der Waals surface area (Å²) in [6.07, 6.45) is -0.511. The van der Waals surface area contributed by atoms with Gasteiger partial charge in [-0.3, -0.25) is 4.79 Å². The molecule has 1 rings (SSSR count). The Bertz CT molecular complexity index is 316. The number of carbonyl (C=O) groups excluding carboxylic acids is 1. The summed E-state index contributed by atoms with van der Waals surface area (Å²) in [4.78, 5) is 12.1. The van der Waals surface area contributed by atoms with Crippen molar-refractivity contribution >= 4 is 33.2 Å². The van der Waals surface area contributed by atoms with E-state index in [-0.39, 0.29) is 12.5 Å². The molecule has 2 N–H and O–H groups in total. The Hall–Kier alpha value is -0.390. The van der Waals surface area contributed by atoms with Gasteiger partial charge in [0.15, 0.2) is 0 Å². The molecule has 1 amide bonds. The summed E-state index contributed by atoms with van der Waals surface area (Å²) in [7, 11) is 0. The van der Waals surface area contributed by atoms with E-state index in [0.717, 1.165) is 9.35 Å². The van der Waals surface area contributed by atoms with Crippen molar-refractivity contribution in [2.45, 2.75) is 20.0 Å². The number of carbonyl (C=O) groups is 1. The van der Waals surface area contributed by atoms with Crippen LogP contribution in [-0.4, -0.2) is 23.7 Å². The zero-order valence-electron chi connectivity index (χ0n) is 8.00. The Morgan fingerprint density at radius 3 is 2.86 bits per heavy atom. The molecule has 78 valence electrons. The molecule has 1 unspecified atom stereocenters. The van der Waals surface area contributed by atoms with E-state index in [2.05, 4.69) is 21.2 Å². The van der Waals surface area contributed by atoms with Gasteiger partial charge in [0.25, 0.3) is 5.91 Å². The molecule has 0 aliphatic carbocycles. The van der Waals surface area contributed by atoms with Gasteiger partial charge in [-0.1, -0.05) is 0 Å². The fourth-order valence-electron chi connectivity index (χ4n) is 0.899. The summed E-state index contributed by atoms with van der Waals surface area (Å²) < 4.78 is 0.972. The van der Waals surface area contributed by atoms with Crippen LogP contribution in [0.4, 0.5) is 0 Å². The topological polar surface area (TPSA) is 49.3 Å². The Kier molecular flexibility index (Phi) is 4.10. The molecule has 0 saturated carbocycles. The smallest absolute Gasteiger partial charge is 0.261 e. The number of aliphatic hydroxyl groups is 1. The van der Waals surface area contributed by atoms with Crippen molar-refractivity contribution in [1.82, 2.24) is 5.32 Å². The second kappa shape index (κ2) is 4.91. The predicted molar refractivity (Wildman–Crippen MR) is 60.8 cm³/mol. The summed E-state index contributed by atoms with van der Waals surface area (Å²) in [5.74, 6) is -0.135. The number of amides is 1. The fourth-order valence-corrected chi connectivity index (χ4v) is 2.35. The van der Waals surface area contributed by atoms with E-state index < -0.39 is 6.10 Å². The van der Waals surface area contributed by atoms with Gasteiger partial charge >= 0.3 is 0 Å². The van der Waals surface area contributed by atoms with Crippen LogP contribution in [0.3, 0.4) is 0 Å². The van der Waals surface area contributed by atoms with Crippen molar-refractivity contribution in [2.75, 3.05) is 6.54 Å². The average molecular weight is 278 g/mol. The first kappa shape index (κ1) is 11.7. The molecule has 3 nitrogen and oxygen atoms in total. The Morgan fingerprint density at radius 2 is 2.43 bits per heavy atom. The number of hydrogen-bond acceptors (Lipinski definition) is 3. The van der Waals surface area contributed by atoms with Crippen LogP contribution in [0.1, 0.15) is 22.2 Å². The number of hydrogen-bond donors (Lipinski definition) is 2. The van der Waals surface area contributed by atoms with Crippen molar-refractivity contribution < 1.29 is 9.90 Å². The van der Waals surface area contributed by atoms with Gasteiger partial charge < -0.3 is 10.4 Å². The van der Waals surface area contributed by atoms with E-state index in [9.17, 15) is 4.79 Å². The first-order chi connectivity index (χ1) is 6.50. The second-order valence-corrected chi connectivity index (χ2v) is 5.50. The zero-order chi connectivity index (χ0) is 10.7. The summed E-state index contributed by atoms with van der Waals surface area (Å²) in [6, 6.07) is 1.83. The largest absolute Gasteiger partial charge is 0.392 e. The van der Waals surface area contributed by atoms with E-state index in [1.54, 1.807) is 6.92 Å². The molecule has 1 heterocycles. The molecule has 5 heteroatoms. The van der Waals surface area contributed by atoms with Crippen molar-refractivity contribution in [2.24, 2.45) is 0 Å². The van der Waals surface area contributed by atoms with Crippen LogP contribution in [0.25, 0.3) is 0 Å². The molecule has 0 aliphatic heterocycles. The van der Waals surface area contributed by atoms with Crippen LogP contribution >= 0.6 is 27.3 Å². The lowest BCUT2D eigenvalue weighted by Gasteiger charge is -2.04. The van der Waals surface area contributed by atoms with E-state index in [1.165, 1.54) is 11.3 Å². The highest BCUT2D eigenvalue weighted by atomic mass is 79.9. The monoisotopic (exact) mass is 277 g/mol. The van der Waals surface area contributed by atoms with Gasteiger partial charge in [-0.2, -0.15) is 0 Å². The Labute approximate surface area is 95.3 Å². The van der Waals surface area contributed by atoms with Gasteiger partial charge in [0.2, 0.25) is 0 Å². The highest BCUT2D eigenvalue weighted by molar-refractivity contribution is 9.11. The van der Waals surface area contributed by atoms with Gasteiger partial charge in [-0.15, -0.1) is 11.3 Å². The number of aryl methyl sites for hydroxylation is 1. The first-order valence-electron chi connectivity index (χ1n) is 4.23. The molecule has 1 aromatic rings. The predicted octanol–water partition coefficient (Wildman–Crippen LogP) is 1.93. The maximum atomic E-state index is 11.5. The van der Waals surface area contributed by atoms with Crippen LogP contribution in [0.15, 0.2) is 9.85 Å². The van der Waals surface area contributed by atoms with E-state index in [4.69, 9.17) is 5.11 Å². The van der Waals surface area contributed by atoms with Gasteiger partial charge in [0.05, 0.1) is 14.8 Å². The lowest BCUT2D eigenvalue weighted by Crippen LogP contribution is -2.29. The molecule has 14 heavy (non-hydrogen) atoms. The molecule has 0 spiro atoms. The molecule has 0 fully saturated rings. The quantitative estimate of drug-likeness (QED) is 0.887. The minimum atomic E-state index is -0.511. The van der Waals surface area contributed by atoms with Crippen molar-refractivity contribution in [3.8, 4) is 0 Å². The molecule has 0 aromatic carbocycles. The molecule has 0 radical (unpaired) electrons. The van der Waals surface area contributed by atoms with Crippen molar-refractivity contribution in [3.63, 3.8) is 0 Å².